The van der Waals surface area contributed by atoms with Crippen molar-refractivity contribution in [1.29, 1.82) is 0 Å². The maximum absolute atomic E-state index is 14.8. The number of hydrogen-bond acceptors (Lipinski definition) is 3. The van der Waals surface area contributed by atoms with Crippen LogP contribution in [-0.2, 0) is 14.0 Å². The van der Waals surface area contributed by atoms with Crippen LogP contribution in [0.1, 0.15) is 66.2 Å². The number of hydrogen-bond donors (Lipinski definition) is 0. The van der Waals surface area contributed by atoms with Crippen LogP contribution in [0.2, 0.25) is 0 Å². The highest BCUT2D eigenvalue weighted by molar-refractivity contribution is 6.53. The molecule has 0 N–H and O–H groups in total. The molecule has 3 rings (SSSR count). The summed E-state index contributed by atoms with van der Waals surface area (Å²) in [5.41, 5.74) is -0.224. The van der Waals surface area contributed by atoms with Crippen molar-refractivity contribution in [3.05, 3.63) is 11.3 Å². The zero-order valence-electron chi connectivity index (χ0n) is 15.0. The van der Waals surface area contributed by atoms with E-state index in [1.807, 2.05) is 27.7 Å². The second-order valence-corrected chi connectivity index (χ2v) is 8.45. The molecule has 2 saturated heterocycles. The fourth-order valence-corrected chi connectivity index (χ4v) is 3.85. The Kier molecular flexibility index (Phi) is 4.92. The Balaban J connectivity index is 1.56. The van der Waals surface area contributed by atoms with Crippen LogP contribution < -0.4 is 0 Å². The van der Waals surface area contributed by atoms with E-state index in [4.69, 9.17) is 14.0 Å². The number of ether oxygens (including phenoxy) is 1. The Morgan fingerprint density at radius 2 is 1.65 bits per heavy atom. The van der Waals surface area contributed by atoms with Crippen LogP contribution in [0.3, 0.4) is 0 Å². The molecule has 1 aliphatic carbocycles. The quantitative estimate of drug-likeness (QED) is 0.718. The van der Waals surface area contributed by atoms with E-state index in [0.29, 0.717) is 0 Å². The highest BCUT2D eigenvalue weighted by Gasteiger charge is 2.53. The predicted molar refractivity (Wildman–Crippen MR) is 89.7 cm³/mol. The van der Waals surface area contributed by atoms with Gasteiger partial charge in [0, 0.05) is 13.2 Å². The predicted octanol–water partition coefficient (Wildman–Crippen LogP) is 4.46. The molecule has 1 unspecified atom stereocenters. The van der Waals surface area contributed by atoms with Gasteiger partial charge in [-0.05, 0) is 83.6 Å². The SMILES string of the molecule is CC1(C)OB(C(F)=C2CCC(CC3CCOC3)CC2)OC1(C)C. The second kappa shape index (κ2) is 6.49. The molecule has 23 heavy (non-hydrogen) atoms. The van der Waals surface area contributed by atoms with Crippen LogP contribution >= 0.6 is 0 Å². The van der Waals surface area contributed by atoms with Crippen molar-refractivity contribution < 1.29 is 18.4 Å². The number of rotatable bonds is 3. The smallest absolute Gasteiger partial charge is 0.398 e. The van der Waals surface area contributed by atoms with Crippen LogP contribution in [0.4, 0.5) is 4.39 Å². The van der Waals surface area contributed by atoms with Gasteiger partial charge in [0.05, 0.1) is 11.2 Å². The summed E-state index contributed by atoms with van der Waals surface area (Å²) >= 11 is 0. The van der Waals surface area contributed by atoms with Crippen LogP contribution in [0.25, 0.3) is 0 Å². The van der Waals surface area contributed by atoms with Gasteiger partial charge in [-0.25, -0.2) is 4.39 Å². The zero-order chi connectivity index (χ0) is 16.7. The topological polar surface area (TPSA) is 27.7 Å². The lowest BCUT2D eigenvalue weighted by atomic mass is 9.75. The molecule has 5 heteroatoms. The molecule has 0 spiro atoms. The Bertz CT molecular complexity index is 443. The van der Waals surface area contributed by atoms with Crippen LogP contribution in [0.15, 0.2) is 11.3 Å². The summed E-state index contributed by atoms with van der Waals surface area (Å²) in [6.45, 7) is 9.69. The van der Waals surface area contributed by atoms with Crippen molar-refractivity contribution in [2.75, 3.05) is 13.2 Å². The summed E-state index contributed by atoms with van der Waals surface area (Å²) in [7, 11) is -0.824. The second-order valence-electron chi connectivity index (χ2n) is 8.45. The highest BCUT2D eigenvalue weighted by atomic mass is 19.1. The largest absolute Gasteiger partial charge is 0.525 e. The lowest BCUT2D eigenvalue weighted by Gasteiger charge is -2.32. The molecule has 0 aromatic carbocycles. The molecule has 1 saturated carbocycles. The van der Waals surface area contributed by atoms with Gasteiger partial charge in [-0.15, -0.1) is 0 Å². The minimum absolute atomic E-state index is 0.175. The monoisotopic (exact) mass is 324 g/mol. The molecular weight excluding hydrogens is 294 g/mol. The van der Waals surface area contributed by atoms with Crippen LogP contribution in [0.5, 0.6) is 0 Å². The van der Waals surface area contributed by atoms with Crippen molar-refractivity contribution in [1.82, 2.24) is 0 Å². The van der Waals surface area contributed by atoms with E-state index < -0.39 is 18.3 Å². The standard InChI is InChI=1S/C18H30BFO3/c1-17(2)18(3,4)23-19(22-17)16(20)15-7-5-13(6-8-15)11-14-9-10-21-12-14/h13-14H,5-12H2,1-4H3. The van der Waals surface area contributed by atoms with E-state index in [0.717, 1.165) is 56.3 Å². The molecule has 2 aliphatic heterocycles. The normalized spacial score (nSPS) is 33.3. The third-order valence-corrected chi connectivity index (χ3v) is 6.20. The molecule has 0 aromatic rings. The Labute approximate surface area is 140 Å². The van der Waals surface area contributed by atoms with Crippen LogP contribution in [-0.4, -0.2) is 31.5 Å². The average Bonchev–Trinajstić information content (AvgIpc) is 3.05. The van der Waals surface area contributed by atoms with Gasteiger partial charge < -0.3 is 14.0 Å². The molecule has 0 amide bonds. The minimum atomic E-state index is -0.824. The lowest BCUT2D eigenvalue weighted by molar-refractivity contribution is 0.00578. The first-order valence-corrected chi connectivity index (χ1v) is 9.09. The van der Waals surface area contributed by atoms with E-state index in [2.05, 4.69) is 0 Å². The highest BCUT2D eigenvalue weighted by Crippen LogP contribution is 2.42. The van der Waals surface area contributed by atoms with E-state index >= 15 is 0 Å². The fourth-order valence-electron chi connectivity index (χ4n) is 3.85. The molecule has 3 aliphatic rings. The summed E-state index contributed by atoms with van der Waals surface area (Å²) in [4.78, 5) is 0. The van der Waals surface area contributed by atoms with E-state index in [9.17, 15) is 4.39 Å². The number of halogens is 1. The molecule has 0 bridgehead atoms. The van der Waals surface area contributed by atoms with Gasteiger partial charge in [0.25, 0.3) is 0 Å². The molecule has 130 valence electrons. The van der Waals surface area contributed by atoms with E-state index in [1.165, 1.54) is 12.8 Å². The molecule has 0 radical (unpaired) electrons. The summed E-state index contributed by atoms with van der Waals surface area (Å²) in [5.74, 6) is 1.44. The van der Waals surface area contributed by atoms with Gasteiger partial charge >= 0.3 is 7.12 Å². The zero-order valence-corrected chi connectivity index (χ0v) is 15.0. The lowest BCUT2D eigenvalue weighted by Crippen LogP contribution is -2.41. The number of allylic oxidation sites excluding steroid dienone is 1. The van der Waals surface area contributed by atoms with Crippen molar-refractivity contribution in [2.24, 2.45) is 11.8 Å². The third kappa shape index (κ3) is 3.67. The first kappa shape index (κ1) is 17.4. The Hall–Kier alpha value is -0.385. The molecule has 0 aromatic heterocycles. The molecule has 3 nitrogen and oxygen atoms in total. The third-order valence-electron chi connectivity index (χ3n) is 6.20. The minimum Gasteiger partial charge on any atom is -0.398 e. The molecular formula is C18H30BFO3. The maximum atomic E-state index is 14.8. The van der Waals surface area contributed by atoms with E-state index in [1.54, 1.807) is 0 Å². The van der Waals surface area contributed by atoms with E-state index in [-0.39, 0.29) is 5.73 Å². The maximum Gasteiger partial charge on any atom is 0.525 e. The first-order valence-electron chi connectivity index (χ1n) is 9.09. The van der Waals surface area contributed by atoms with Gasteiger partial charge in [-0.2, -0.15) is 0 Å². The average molecular weight is 324 g/mol. The van der Waals surface area contributed by atoms with Gasteiger partial charge in [0.1, 0.15) is 5.73 Å². The fraction of sp³-hybridized carbons (Fsp3) is 0.889. The summed E-state index contributed by atoms with van der Waals surface area (Å²) < 4.78 is 32.0. The van der Waals surface area contributed by atoms with Crippen molar-refractivity contribution in [3.8, 4) is 0 Å². The van der Waals surface area contributed by atoms with Gasteiger partial charge in [0.2, 0.25) is 0 Å². The molecule has 3 fully saturated rings. The Morgan fingerprint density at radius 1 is 1.04 bits per heavy atom. The molecule has 2 heterocycles. The summed E-state index contributed by atoms with van der Waals surface area (Å²) in [6.07, 6.45) is 6.28. The van der Waals surface area contributed by atoms with Gasteiger partial charge in [0.15, 0.2) is 0 Å². The van der Waals surface area contributed by atoms with Gasteiger partial charge in [-0.1, -0.05) is 0 Å². The van der Waals surface area contributed by atoms with Crippen molar-refractivity contribution >= 4 is 7.12 Å². The van der Waals surface area contributed by atoms with Gasteiger partial charge in [-0.3, -0.25) is 0 Å². The van der Waals surface area contributed by atoms with Crippen molar-refractivity contribution in [3.63, 3.8) is 0 Å². The first-order chi connectivity index (χ1) is 10.8. The Morgan fingerprint density at radius 3 is 2.17 bits per heavy atom. The van der Waals surface area contributed by atoms with Crippen molar-refractivity contribution in [2.45, 2.75) is 77.4 Å². The summed E-state index contributed by atoms with van der Waals surface area (Å²) in [5, 5.41) is 0. The van der Waals surface area contributed by atoms with Crippen LogP contribution in [0, 0.1) is 11.8 Å². The molecule has 1 atom stereocenters. The summed E-state index contributed by atoms with van der Waals surface area (Å²) in [6, 6.07) is 0.